The number of hydrogen-bond acceptors (Lipinski definition) is 3. The second kappa shape index (κ2) is 6.02. The molecule has 0 spiro atoms. The van der Waals surface area contributed by atoms with Gasteiger partial charge in [0.15, 0.2) is 0 Å². The molecule has 0 radical (unpaired) electrons. The molecule has 0 amide bonds. The van der Waals surface area contributed by atoms with Crippen LogP contribution in [0.15, 0.2) is 30.3 Å². The molecule has 0 saturated carbocycles. The Morgan fingerprint density at radius 1 is 1.26 bits per heavy atom. The van der Waals surface area contributed by atoms with Gasteiger partial charge in [0.25, 0.3) is 0 Å². The molecule has 102 valence electrons. The lowest BCUT2D eigenvalue weighted by molar-refractivity contribution is 0.277. The van der Waals surface area contributed by atoms with Crippen LogP contribution in [0.2, 0.25) is 0 Å². The van der Waals surface area contributed by atoms with E-state index in [0.717, 1.165) is 35.2 Å². The van der Waals surface area contributed by atoms with E-state index in [0.29, 0.717) is 5.92 Å². The molecule has 0 saturated heterocycles. The largest absolute Gasteiger partial charge is 0.390 e. The Hall–Kier alpha value is -1.61. The van der Waals surface area contributed by atoms with Gasteiger partial charge in [0.2, 0.25) is 0 Å². The highest BCUT2D eigenvalue weighted by Gasteiger charge is 2.09. The first-order chi connectivity index (χ1) is 9.11. The minimum atomic E-state index is -0.0180. The first-order valence-corrected chi connectivity index (χ1v) is 6.82. The van der Waals surface area contributed by atoms with Crippen molar-refractivity contribution in [3.8, 4) is 0 Å². The summed E-state index contributed by atoms with van der Waals surface area (Å²) in [5, 5.41) is 10.5. The van der Waals surface area contributed by atoms with Crippen molar-refractivity contribution in [2.24, 2.45) is 5.92 Å². The SMILES string of the molecule is CC(C)CCN(C)c1cc(CO)nc2ccccc12. The lowest BCUT2D eigenvalue weighted by Gasteiger charge is -2.22. The van der Waals surface area contributed by atoms with Crippen molar-refractivity contribution >= 4 is 16.6 Å². The normalized spacial score (nSPS) is 11.2. The van der Waals surface area contributed by atoms with E-state index in [1.165, 1.54) is 0 Å². The molecular formula is C16H22N2O. The maximum absolute atomic E-state index is 9.34. The Kier molecular flexibility index (Phi) is 4.38. The first kappa shape index (κ1) is 13.8. The Balaban J connectivity index is 2.39. The smallest absolute Gasteiger partial charge is 0.0854 e. The van der Waals surface area contributed by atoms with E-state index >= 15 is 0 Å². The average molecular weight is 258 g/mol. The Morgan fingerprint density at radius 2 is 2.00 bits per heavy atom. The van der Waals surface area contributed by atoms with Crippen LogP contribution in [0, 0.1) is 5.92 Å². The zero-order chi connectivity index (χ0) is 13.8. The van der Waals surface area contributed by atoms with Crippen molar-refractivity contribution in [2.75, 3.05) is 18.5 Å². The van der Waals surface area contributed by atoms with Gasteiger partial charge in [0, 0.05) is 24.7 Å². The molecule has 2 aromatic rings. The number of para-hydroxylation sites is 1. The standard InChI is InChI=1S/C16H22N2O/c1-12(2)8-9-18(3)16-10-13(11-19)17-15-7-5-4-6-14(15)16/h4-7,10,12,19H,8-9,11H2,1-3H3. The molecule has 1 heterocycles. The predicted molar refractivity (Wildman–Crippen MR) is 80.4 cm³/mol. The van der Waals surface area contributed by atoms with Gasteiger partial charge in [-0.15, -0.1) is 0 Å². The van der Waals surface area contributed by atoms with Gasteiger partial charge >= 0.3 is 0 Å². The molecular weight excluding hydrogens is 236 g/mol. The van der Waals surface area contributed by atoms with E-state index < -0.39 is 0 Å². The third-order valence-corrected chi connectivity index (χ3v) is 3.36. The molecule has 0 fully saturated rings. The van der Waals surface area contributed by atoms with E-state index in [1.807, 2.05) is 24.3 Å². The van der Waals surface area contributed by atoms with Gasteiger partial charge in [-0.25, -0.2) is 0 Å². The topological polar surface area (TPSA) is 36.4 Å². The minimum absolute atomic E-state index is 0.0180. The molecule has 0 bridgehead atoms. The third kappa shape index (κ3) is 3.24. The first-order valence-electron chi connectivity index (χ1n) is 6.82. The highest BCUT2D eigenvalue weighted by molar-refractivity contribution is 5.91. The quantitative estimate of drug-likeness (QED) is 0.894. The van der Waals surface area contributed by atoms with Crippen molar-refractivity contribution in [2.45, 2.75) is 26.9 Å². The van der Waals surface area contributed by atoms with Crippen molar-refractivity contribution < 1.29 is 5.11 Å². The van der Waals surface area contributed by atoms with E-state index in [1.54, 1.807) is 0 Å². The average Bonchev–Trinajstić information content (AvgIpc) is 2.43. The Morgan fingerprint density at radius 3 is 2.68 bits per heavy atom. The fraction of sp³-hybridized carbons (Fsp3) is 0.438. The molecule has 1 aromatic heterocycles. The van der Waals surface area contributed by atoms with Crippen LogP contribution in [0.1, 0.15) is 26.0 Å². The molecule has 0 aliphatic rings. The monoisotopic (exact) mass is 258 g/mol. The van der Waals surface area contributed by atoms with Gasteiger partial charge in [0.05, 0.1) is 17.8 Å². The summed E-state index contributed by atoms with van der Waals surface area (Å²) < 4.78 is 0. The van der Waals surface area contributed by atoms with Crippen LogP contribution in [0.25, 0.3) is 10.9 Å². The number of fused-ring (bicyclic) bond motifs is 1. The second-order valence-corrected chi connectivity index (χ2v) is 5.41. The number of pyridine rings is 1. The van der Waals surface area contributed by atoms with Crippen LogP contribution >= 0.6 is 0 Å². The maximum Gasteiger partial charge on any atom is 0.0854 e. The van der Waals surface area contributed by atoms with Gasteiger partial charge in [-0.05, 0) is 24.5 Å². The third-order valence-electron chi connectivity index (χ3n) is 3.36. The van der Waals surface area contributed by atoms with Crippen LogP contribution in [0.4, 0.5) is 5.69 Å². The van der Waals surface area contributed by atoms with Crippen LogP contribution in [-0.4, -0.2) is 23.7 Å². The molecule has 0 atom stereocenters. The Bertz CT molecular complexity index is 551. The van der Waals surface area contributed by atoms with Gasteiger partial charge < -0.3 is 10.0 Å². The van der Waals surface area contributed by atoms with Gasteiger partial charge in [-0.3, -0.25) is 4.98 Å². The molecule has 3 heteroatoms. The van der Waals surface area contributed by atoms with Gasteiger partial charge in [-0.1, -0.05) is 32.0 Å². The highest BCUT2D eigenvalue weighted by atomic mass is 16.3. The zero-order valence-electron chi connectivity index (χ0n) is 11.9. The van der Waals surface area contributed by atoms with Crippen LogP contribution in [0.3, 0.4) is 0 Å². The van der Waals surface area contributed by atoms with E-state index in [4.69, 9.17) is 0 Å². The number of nitrogens with zero attached hydrogens (tertiary/aromatic N) is 2. The predicted octanol–water partition coefficient (Wildman–Crippen LogP) is 3.21. The molecule has 1 N–H and O–H groups in total. The fourth-order valence-electron chi connectivity index (χ4n) is 2.18. The summed E-state index contributed by atoms with van der Waals surface area (Å²) in [5.74, 6) is 0.688. The summed E-state index contributed by atoms with van der Waals surface area (Å²) in [5.41, 5.74) is 2.82. The van der Waals surface area contributed by atoms with E-state index in [-0.39, 0.29) is 6.61 Å². The summed E-state index contributed by atoms with van der Waals surface area (Å²) in [6, 6.07) is 10.1. The van der Waals surface area contributed by atoms with Gasteiger partial charge in [0.1, 0.15) is 0 Å². The van der Waals surface area contributed by atoms with Crippen molar-refractivity contribution in [1.82, 2.24) is 4.98 Å². The summed E-state index contributed by atoms with van der Waals surface area (Å²) >= 11 is 0. The Labute approximate surface area is 114 Å². The molecule has 3 nitrogen and oxygen atoms in total. The second-order valence-electron chi connectivity index (χ2n) is 5.41. The van der Waals surface area contributed by atoms with E-state index in [9.17, 15) is 5.11 Å². The zero-order valence-corrected chi connectivity index (χ0v) is 11.9. The highest BCUT2D eigenvalue weighted by Crippen LogP contribution is 2.26. The lowest BCUT2D eigenvalue weighted by Crippen LogP contribution is -2.20. The number of rotatable bonds is 5. The number of benzene rings is 1. The van der Waals surface area contributed by atoms with Crippen molar-refractivity contribution in [1.29, 1.82) is 0 Å². The summed E-state index contributed by atoms with van der Waals surface area (Å²) in [6.07, 6.45) is 1.15. The molecule has 0 aliphatic carbocycles. The van der Waals surface area contributed by atoms with Crippen LogP contribution < -0.4 is 4.90 Å². The molecule has 0 unspecified atom stereocenters. The van der Waals surface area contributed by atoms with Crippen LogP contribution in [0.5, 0.6) is 0 Å². The molecule has 1 aromatic carbocycles. The maximum atomic E-state index is 9.34. The van der Waals surface area contributed by atoms with Crippen molar-refractivity contribution in [3.63, 3.8) is 0 Å². The number of aromatic nitrogens is 1. The number of aliphatic hydroxyl groups is 1. The van der Waals surface area contributed by atoms with Crippen molar-refractivity contribution in [3.05, 3.63) is 36.0 Å². The van der Waals surface area contributed by atoms with E-state index in [2.05, 4.69) is 36.8 Å². The number of aliphatic hydroxyl groups excluding tert-OH is 1. The molecule has 2 rings (SSSR count). The van der Waals surface area contributed by atoms with Crippen LogP contribution in [-0.2, 0) is 6.61 Å². The lowest BCUT2D eigenvalue weighted by atomic mass is 10.1. The fourth-order valence-corrected chi connectivity index (χ4v) is 2.18. The molecule has 0 aliphatic heterocycles. The molecule has 19 heavy (non-hydrogen) atoms. The van der Waals surface area contributed by atoms with Gasteiger partial charge in [-0.2, -0.15) is 0 Å². The number of anilines is 1. The minimum Gasteiger partial charge on any atom is -0.390 e. The summed E-state index contributed by atoms with van der Waals surface area (Å²) in [6.45, 7) is 5.46. The number of hydrogen-bond donors (Lipinski definition) is 1. The summed E-state index contributed by atoms with van der Waals surface area (Å²) in [4.78, 5) is 6.71. The summed E-state index contributed by atoms with van der Waals surface area (Å²) in [7, 11) is 2.10.